The van der Waals surface area contributed by atoms with Crippen molar-refractivity contribution in [2.75, 3.05) is 13.2 Å². The van der Waals surface area contributed by atoms with Gasteiger partial charge in [-0.15, -0.1) is 0 Å². The fourth-order valence-electron chi connectivity index (χ4n) is 1.97. The summed E-state index contributed by atoms with van der Waals surface area (Å²) in [6, 6.07) is 3.28. The molecule has 0 bridgehead atoms. The molecule has 1 N–H and O–H groups in total. The summed E-state index contributed by atoms with van der Waals surface area (Å²) < 4.78 is 37.1. The van der Waals surface area contributed by atoms with Gasteiger partial charge in [-0.05, 0) is 19.9 Å². The molecule has 22 heavy (non-hydrogen) atoms. The predicted octanol–water partition coefficient (Wildman–Crippen LogP) is 3.01. The highest BCUT2D eigenvalue weighted by molar-refractivity contribution is 5.78. The monoisotopic (exact) mass is 315 g/mol. The summed E-state index contributed by atoms with van der Waals surface area (Å²) in [4.78, 5) is 12.0. The molecule has 4 nitrogen and oxygen atoms in total. The molecule has 0 spiro atoms. The van der Waals surface area contributed by atoms with E-state index in [1.165, 1.54) is 6.07 Å². The lowest BCUT2D eigenvalue weighted by Crippen LogP contribution is -2.32. The van der Waals surface area contributed by atoms with Crippen LogP contribution in [0.4, 0.5) is 8.78 Å². The number of rotatable bonds is 9. The highest BCUT2D eigenvalue weighted by Gasteiger charge is 2.19. The lowest BCUT2D eigenvalue weighted by Gasteiger charge is -2.20. The molecule has 1 amide bonds. The van der Waals surface area contributed by atoms with Crippen molar-refractivity contribution in [3.05, 3.63) is 35.4 Å². The summed E-state index contributed by atoms with van der Waals surface area (Å²) in [5.41, 5.74) is 0.244. The first-order valence-corrected chi connectivity index (χ1v) is 7.42. The van der Waals surface area contributed by atoms with Gasteiger partial charge in [0.25, 0.3) is 0 Å². The molecular weight excluding hydrogens is 292 g/mol. The zero-order valence-electron chi connectivity index (χ0n) is 13.2. The normalized spacial score (nSPS) is 12.5. The first kappa shape index (κ1) is 18.5. The summed E-state index contributed by atoms with van der Waals surface area (Å²) in [6.45, 7) is 6.48. The molecule has 1 aromatic rings. The lowest BCUT2D eigenvalue weighted by molar-refractivity contribution is -0.152. The molecule has 0 heterocycles. The molecule has 0 radical (unpaired) electrons. The van der Waals surface area contributed by atoms with Crippen molar-refractivity contribution < 1.29 is 23.0 Å². The molecule has 1 atom stereocenters. The average molecular weight is 315 g/mol. The Morgan fingerprint density at radius 2 is 1.86 bits per heavy atom. The third kappa shape index (κ3) is 6.07. The van der Waals surface area contributed by atoms with Crippen LogP contribution in [0.25, 0.3) is 0 Å². The maximum Gasteiger partial charge on any atom is 0.223 e. The maximum absolute atomic E-state index is 13.5. The van der Waals surface area contributed by atoms with Gasteiger partial charge in [-0.3, -0.25) is 4.79 Å². The molecular formula is C16H23F2NO3. The van der Waals surface area contributed by atoms with Crippen molar-refractivity contribution in [1.29, 1.82) is 0 Å². The summed E-state index contributed by atoms with van der Waals surface area (Å²) in [7, 11) is 0. The van der Waals surface area contributed by atoms with Crippen molar-refractivity contribution in [3.63, 3.8) is 0 Å². The van der Waals surface area contributed by atoms with E-state index in [1.54, 1.807) is 6.92 Å². The number of benzene rings is 1. The van der Waals surface area contributed by atoms with Crippen molar-refractivity contribution in [2.24, 2.45) is 5.92 Å². The number of hydrogen-bond donors (Lipinski definition) is 1. The minimum absolute atomic E-state index is 0.0171. The van der Waals surface area contributed by atoms with E-state index < -0.39 is 17.9 Å². The molecule has 0 aromatic heterocycles. The quantitative estimate of drug-likeness (QED) is 0.713. The maximum atomic E-state index is 13.5. The number of hydrogen-bond acceptors (Lipinski definition) is 3. The summed E-state index contributed by atoms with van der Waals surface area (Å²) in [5.74, 6) is -1.88. The highest BCUT2D eigenvalue weighted by atomic mass is 19.1. The van der Waals surface area contributed by atoms with Gasteiger partial charge in [-0.2, -0.15) is 0 Å². The molecule has 0 fully saturated rings. The van der Waals surface area contributed by atoms with E-state index in [4.69, 9.17) is 9.47 Å². The Balaban J connectivity index is 2.49. The number of amides is 1. The van der Waals surface area contributed by atoms with Crippen LogP contribution >= 0.6 is 0 Å². The van der Waals surface area contributed by atoms with Gasteiger partial charge in [0.2, 0.25) is 5.91 Å². The second kappa shape index (κ2) is 9.48. The minimum atomic E-state index is -0.672. The molecule has 6 heteroatoms. The predicted molar refractivity (Wildman–Crippen MR) is 79.0 cm³/mol. The van der Waals surface area contributed by atoms with Crippen molar-refractivity contribution in [1.82, 2.24) is 5.32 Å². The molecule has 0 aliphatic rings. The average Bonchev–Trinajstić information content (AvgIpc) is 2.46. The first-order valence-electron chi connectivity index (χ1n) is 7.42. The van der Waals surface area contributed by atoms with Gasteiger partial charge in [0.05, 0.1) is 0 Å². The molecule has 1 rings (SSSR count). The molecule has 0 saturated carbocycles. The summed E-state index contributed by atoms with van der Waals surface area (Å²) in [6.07, 6.45) is -0.0160. The molecule has 1 aromatic carbocycles. The Bertz CT molecular complexity index is 476. The minimum Gasteiger partial charge on any atom is -0.353 e. The first-order chi connectivity index (χ1) is 10.5. The van der Waals surface area contributed by atoms with Gasteiger partial charge < -0.3 is 14.8 Å². The van der Waals surface area contributed by atoms with Crippen LogP contribution < -0.4 is 5.32 Å². The summed E-state index contributed by atoms with van der Waals surface area (Å²) in [5, 5.41) is 2.64. The zero-order valence-corrected chi connectivity index (χ0v) is 13.2. The highest BCUT2D eigenvalue weighted by Crippen LogP contribution is 2.13. The number of nitrogens with one attached hydrogen (secondary N) is 1. The number of halogens is 2. The number of carbonyl (C=O) groups is 1. The van der Waals surface area contributed by atoms with Crippen LogP contribution in [0.2, 0.25) is 0 Å². The lowest BCUT2D eigenvalue weighted by atomic mass is 10.1. The molecule has 0 aliphatic heterocycles. The largest absolute Gasteiger partial charge is 0.353 e. The van der Waals surface area contributed by atoms with E-state index >= 15 is 0 Å². The van der Waals surface area contributed by atoms with E-state index in [0.29, 0.717) is 19.6 Å². The van der Waals surface area contributed by atoms with Gasteiger partial charge in [0.15, 0.2) is 6.29 Å². The smallest absolute Gasteiger partial charge is 0.223 e. The van der Waals surface area contributed by atoms with Crippen molar-refractivity contribution in [3.8, 4) is 0 Å². The fourth-order valence-corrected chi connectivity index (χ4v) is 1.97. The Morgan fingerprint density at radius 3 is 2.41 bits per heavy atom. The van der Waals surface area contributed by atoms with E-state index in [-0.39, 0.29) is 23.9 Å². The van der Waals surface area contributed by atoms with Crippen LogP contribution in [0, 0.1) is 17.6 Å². The second-order valence-corrected chi connectivity index (χ2v) is 4.93. The van der Waals surface area contributed by atoms with Crippen molar-refractivity contribution in [2.45, 2.75) is 40.0 Å². The zero-order chi connectivity index (χ0) is 16.5. The van der Waals surface area contributed by atoms with Crippen LogP contribution in [0.5, 0.6) is 0 Å². The topological polar surface area (TPSA) is 47.6 Å². The van der Waals surface area contributed by atoms with E-state index in [9.17, 15) is 13.6 Å². The number of carbonyl (C=O) groups excluding carboxylic acids is 1. The summed E-state index contributed by atoms with van der Waals surface area (Å²) >= 11 is 0. The Hall–Kier alpha value is -1.53. The third-order valence-corrected chi connectivity index (χ3v) is 3.17. The Labute approximate surface area is 129 Å². The third-order valence-electron chi connectivity index (χ3n) is 3.17. The van der Waals surface area contributed by atoms with Gasteiger partial charge >= 0.3 is 0 Å². The van der Waals surface area contributed by atoms with Gasteiger partial charge in [0, 0.05) is 43.7 Å². The standard InChI is InChI=1S/C16H23F2NO3/c1-4-21-15(22-5-2)8-11(3)16(20)19-10-12-6-7-13(17)9-14(12)18/h6-7,9,11,15H,4-5,8,10H2,1-3H3,(H,19,20). The van der Waals surface area contributed by atoms with E-state index in [0.717, 1.165) is 12.1 Å². The second-order valence-electron chi connectivity index (χ2n) is 4.93. The Morgan fingerprint density at radius 1 is 1.23 bits per heavy atom. The van der Waals surface area contributed by atoms with Gasteiger partial charge in [0.1, 0.15) is 11.6 Å². The van der Waals surface area contributed by atoms with E-state index in [2.05, 4.69) is 5.32 Å². The van der Waals surface area contributed by atoms with Crippen LogP contribution in [0.15, 0.2) is 18.2 Å². The van der Waals surface area contributed by atoms with Crippen LogP contribution in [-0.2, 0) is 20.8 Å². The fraction of sp³-hybridized carbons (Fsp3) is 0.562. The van der Waals surface area contributed by atoms with Crippen LogP contribution in [0.3, 0.4) is 0 Å². The SMILES string of the molecule is CCOC(CC(C)C(=O)NCc1ccc(F)cc1F)OCC. The molecule has 0 aliphatic carbocycles. The Kier molecular flexibility index (Phi) is 7.98. The van der Waals surface area contributed by atoms with Crippen molar-refractivity contribution >= 4 is 5.91 Å². The molecule has 0 saturated heterocycles. The van der Waals surface area contributed by atoms with Gasteiger partial charge in [-0.1, -0.05) is 13.0 Å². The van der Waals surface area contributed by atoms with Gasteiger partial charge in [-0.25, -0.2) is 8.78 Å². The number of ether oxygens (including phenoxy) is 2. The van der Waals surface area contributed by atoms with Crippen LogP contribution in [0.1, 0.15) is 32.8 Å². The molecule has 124 valence electrons. The van der Waals surface area contributed by atoms with Crippen LogP contribution in [-0.4, -0.2) is 25.4 Å². The van der Waals surface area contributed by atoms with E-state index in [1.807, 2.05) is 13.8 Å². The molecule has 1 unspecified atom stereocenters.